The van der Waals surface area contributed by atoms with Crippen LogP contribution in [0.5, 0.6) is 5.75 Å². The van der Waals surface area contributed by atoms with Crippen LogP contribution in [0.1, 0.15) is 23.2 Å². The maximum atomic E-state index is 13.6. The minimum atomic E-state index is -0.349. The van der Waals surface area contributed by atoms with Gasteiger partial charge in [0.25, 0.3) is 5.91 Å². The molecule has 0 bridgehead atoms. The van der Waals surface area contributed by atoms with E-state index >= 15 is 0 Å². The SMILES string of the molecule is O=C(c1ccncc1)N1CCC(Oc2ccccc2F)CC1. The second-order valence-corrected chi connectivity index (χ2v) is 5.28. The Kier molecular flexibility index (Phi) is 4.32. The molecule has 0 unspecified atom stereocenters. The van der Waals surface area contributed by atoms with E-state index in [0.29, 0.717) is 31.5 Å². The van der Waals surface area contributed by atoms with E-state index < -0.39 is 0 Å². The second kappa shape index (κ2) is 6.56. The minimum Gasteiger partial charge on any atom is -0.487 e. The van der Waals surface area contributed by atoms with Gasteiger partial charge < -0.3 is 9.64 Å². The van der Waals surface area contributed by atoms with Crippen LogP contribution < -0.4 is 4.74 Å². The van der Waals surface area contributed by atoms with Crippen molar-refractivity contribution in [2.24, 2.45) is 0 Å². The van der Waals surface area contributed by atoms with Crippen LogP contribution in [0, 0.1) is 5.82 Å². The number of aromatic nitrogens is 1. The quantitative estimate of drug-likeness (QED) is 0.875. The lowest BCUT2D eigenvalue weighted by Crippen LogP contribution is -2.41. The van der Waals surface area contributed by atoms with Crippen molar-refractivity contribution < 1.29 is 13.9 Å². The van der Waals surface area contributed by atoms with Gasteiger partial charge in [0, 0.05) is 43.9 Å². The van der Waals surface area contributed by atoms with E-state index in [1.807, 2.05) is 0 Å². The van der Waals surface area contributed by atoms with Crippen molar-refractivity contribution >= 4 is 5.91 Å². The molecule has 1 aromatic carbocycles. The Bertz CT molecular complexity index is 640. The molecule has 2 heterocycles. The van der Waals surface area contributed by atoms with Crippen molar-refractivity contribution in [2.75, 3.05) is 13.1 Å². The Morgan fingerprint density at radius 2 is 1.82 bits per heavy atom. The molecule has 2 aromatic rings. The zero-order chi connectivity index (χ0) is 15.4. The summed E-state index contributed by atoms with van der Waals surface area (Å²) in [6.45, 7) is 1.22. The number of piperidine rings is 1. The van der Waals surface area contributed by atoms with E-state index in [1.165, 1.54) is 6.07 Å². The van der Waals surface area contributed by atoms with Crippen molar-refractivity contribution in [1.29, 1.82) is 0 Å². The Morgan fingerprint density at radius 3 is 2.50 bits per heavy atom. The summed E-state index contributed by atoms with van der Waals surface area (Å²) in [4.78, 5) is 18.0. The highest BCUT2D eigenvalue weighted by molar-refractivity contribution is 5.94. The molecule has 4 nitrogen and oxygen atoms in total. The highest BCUT2D eigenvalue weighted by atomic mass is 19.1. The van der Waals surface area contributed by atoms with E-state index in [4.69, 9.17) is 4.74 Å². The number of amides is 1. The van der Waals surface area contributed by atoms with Crippen LogP contribution in [0.15, 0.2) is 48.8 Å². The number of para-hydroxylation sites is 1. The van der Waals surface area contributed by atoms with Gasteiger partial charge in [-0.3, -0.25) is 9.78 Å². The number of nitrogens with zero attached hydrogens (tertiary/aromatic N) is 2. The fourth-order valence-electron chi connectivity index (χ4n) is 2.57. The average molecular weight is 300 g/mol. The van der Waals surface area contributed by atoms with Gasteiger partial charge in [0.2, 0.25) is 0 Å². The molecular formula is C17H17FN2O2. The fraction of sp³-hybridized carbons (Fsp3) is 0.294. The summed E-state index contributed by atoms with van der Waals surface area (Å²) in [5, 5.41) is 0. The molecule has 0 aliphatic carbocycles. The first-order valence-corrected chi connectivity index (χ1v) is 7.34. The fourth-order valence-corrected chi connectivity index (χ4v) is 2.57. The van der Waals surface area contributed by atoms with Gasteiger partial charge in [0.15, 0.2) is 11.6 Å². The molecule has 0 saturated carbocycles. The Morgan fingerprint density at radius 1 is 1.14 bits per heavy atom. The van der Waals surface area contributed by atoms with E-state index in [2.05, 4.69) is 4.98 Å². The van der Waals surface area contributed by atoms with Crippen LogP contribution in [-0.4, -0.2) is 35.0 Å². The molecule has 114 valence electrons. The van der Waals surface area contributed by atoms with Gasteiger partial charge in [-0.1, -0.05) is 12.1 Å². The van der Waals surface area contributed by atoms with Crippen molar-refractivity contribution in [1.82, 2.24) is 9.88 Å². The van der Waals surface area contributed by atoms with E-state index in [1.54, 1.807) is 47.6 Å². The van der Waals surface area contributed by atoms with Crippen LogP contribution in [0.3, 0.4) is 0 Å². The molecule has 0 spiro atoms. The van der Waals surface area contributed by atoms with Crippen LogP contribution >= 0.6 is 0 Å². The van der Waals surface area contributed by atoms with E-state index in [-0.39, 0.29) is 23.6 Å². The zero-order valence-corrected chi connectivity index (χ0v) is 12.1. The number of hydrogen-bond acceptors (Lipinski definition) is 3. The molecule has 1 fully saturated rings. The second-order valence-electron chi connectivity index (χ2n) is 5.28. The molecule has 22 heavy (non-hydrogen) atoms. The first-order chi connectivity index (χ1) is 10.7. The smallest absolute Gasteiger partial charge is 0.253 e. The molecule has 1 saturated heterocycles. The van der Waals surface area contributed by atoms with Crippen LogP contribution in [0.4, 0.5) is 4.39 Å². The Balaban J connectivity index is 1.57. The molecule has 1 aliphatic rings. The Labute approximate surface area is 128 Å². The molecule has 3 rings (SSSR count). The molecule has 1 aromatic heterocycles. The van der Waals surface area contributed by atoms with Crippen LogP contribution in [-0.2, 0) is 0 Å². The lowest BCUT2D eigenvalue weighted by molar-refractivity contribution is 0.0588. The van der Waals surface area contributed by atoms with Gasteiger partial charge in [0.05, 0.1) is 0 Å². The van der Waals surface area contributed by atoms with Gasteiger partial charge in [-0.2, -0.15) is 0 Å². The molecule has 5 heteroatoms. The normalized spacial score (nSPS) is 15.6. The Hall–Kier alpha value is -2.43. The summed E-state index contributed by atoms with van der Waals surface area (Å²) in [6, 6.07) is 9.83. The predicted molar refractivity (Wildman–Crippen MR) is 80.2 cm³/mol. The number of carbonyl (C=O) groups excluding carboxylic acids is 1. The average Bonchev–Trinajstić information content (AvgIpc) is 2.58. The lowest BCUT2D eigenvalue weighted by atomic mass is 10.1. The summed E-state index contributed by atoms with van der Waals surface area (Å²) < 4.78 is 19.3. The van der Waals surface area contributed by atoms with Crippen LogP contribution in [0.25, 0.3) is 0 Å². The third kappa shape index (κ3) is 3.24. The standard InChI is InChI=1S/C17H17FN2O2/c18-15-3-1-2-4-16(15)22-14-7-11-20(12-8-14)17(21)13-5-9-19-10-6-13/h1-6,9-10,14H,7-8,11-12H2. The third-order valence-corrected chi connectivity index (χ3v) is 3.79. The highest BCUT2D eigenvalue weighted by Crippen LogP contribution is 2.22. The van der Waals surface area contributed by atoms with Gasteiger partial charge in [0.1, 0.15) is 6.10 Å². The van der Waals surface area contributed by atoms with E-state index in [9.17, 15) is 9.18 Å². The molecular weight excluding hydrogens is 283 g/mol. The lowest BCUT2D eigenvalue weighted by Gasteiger charge is -2.32. The number of hydrogen-bond donors (Lipinski definition) is 0. The zero-order valence-electron chi connectivity index (χ0n) is 12.1. The summed E-state index contributed by atoms with van der Waals surface area (Å²) in [5.74, 6) is -0.0639. The highest BCUT2D eigenvalue weighted by Gasteiger charge is 2.25. The van der Waals surface area contributed by atoms with E-state index in [0.717, 1.165) is 0 Å². The largest absolute Gasteiger partial charge is 0.487 e. The number of ether oxygens (including phenoxy) is 1. The van der Waals surface area contributed by atoms with Crippen molar-refractivity contribution in [3.63, 3.8) is 0 Å². The molecule has 1 amide bonds. The summed E-state index contributed by atoms with van der Waals surface area (Å²) >= 11 is 0. The first kappa shape index (κ1) is 14.5. The van der Waals surface area contributed by atoms with Crippen LogP contribution in [0.2, 0.25) is 0 Å². The first-order valence-electron chi connectivity index (χ1n) is 7.34. The minimum absolute atomic E-state index is 0.00624. The number of carbonyl (C=O) groups is 1. The topological polar surface area (TPSA) is 42.4 Å². The number of rotatable bonds is 3. The molecule has 1 aliphatic heterocycles. The summed E-state index contributed by atoms with van der Waals surface area (Å²) in [7, 11) is 0. The molecule has 0 atom stereocenters. The van der Waals surface area contributed by atoms with Crippen molar-refractivity contribution in [3.8, 4) is 5.75 Å². The number of halogens is 1. The predicted octanol–water partition coefficient (Wildman–Crippen LogP) is 2.90. The van der Waals surface area contributed by atoms with Crippen molar-refractivity contribution in [2.45, 2.75) is 18.9 Å². The third-order valence-electron chi connectivity index (χ3n) is 3.79. The van der Waals surface area contributed by atoms with Gasteiger partial charge in [-0.15, -0.1) is 0 Å². The number of likely N-dealkylation sites (tertiary alicyclic amines) is 1. The van der Waals surface area contributed by atoms with Gasteiger partial charge in [-0.05, 0) is 24.3 Å². The van der Waals surface area contributed by atoms with Gasteiger partial charge >= 0.3 is 0 Å². The van der Waals surface area contributed by atoms with Crippen molar-refractivity contribution in [3.05, 3.63) is 60.2 Å². The number of benzene rings is 1. The summed E-state index contributed by atoms with van der Waals surface area (Å²) in [6.07, 6.45) is 4.57. The number of pyridine rings is 1. The molecule has 0 N–H and O–H groups in total. The monoisotopic (exact) mass is 300 g/mol. The van der Waals surface area contributed by atoms with Gasteiger partial charge in [-0.25, -0.2) is 4.39 Å². The maximum absolute atomic E-state index is 13.6. The summed E-state index contributed by atoms with van der Waals surface area (Å²) in [5.41, 5.74) is 0.642. The molecule has 0 radical (unpaired) electrons. The maximum Gasteiger partial charge on any atom is 0.253 e.